The fourth-order valence-corrected chi connectivity index (χ4v) is 3.10. The monoisotopic (exact) mass is 430 g/mol. The lowest BCUT2D eigenvalue weighted by Crippen LogP contribution is -2.42. The number of halogens is 1. The molecule has 0 aromatic heterocycles. The predicted molar refractivity (Wildman–Crippen MR) is 120 cm³/mol. The van der Waals surface area contributed by atoms with Crippen molar-refractivity contribution in [3.63, 3.8) is 0 Å². The first-order valence-corrected chi connectivity index (χ1v) is 9.87. The van der Waals surface area contributed by atoms with Crippen LogP contribution in [-0.4, -0.2) is 61.3 Å². The normalized spacial score (nSPS) is 10.6. The van der Waals surface area contributed by atoms with Gasteiger partial charge in [-0.05, 0) is 50.2 Å². The number of nitrogens with one attached hydrogen (secondary N) is 2. The Bertz CT molecular complexity index is 912. The molecule has 30 heavy (non-hydrogen) atoms. The lowest BCUT2D eigenvalue weighted by Gasteiger charge is -2.21. The van der Waals surface area contributed by atoms with Gasteiger partial charge in [-0.15, -0.1) is 0 Å². The van der Waals surface area contributed by atoms with Gasteiger partial charge in [0.05, 0.1) is 19.6 Å². The fraction of sp³-hybridized carbons (Fsp3) is 0.318. The van der Waals surface area contributed by atoms with Crippen LogP contribution in [0.2, 0.25) is 5.02 Å². The molecule has 0 spiro atoms. The number of hydrogen-bond acceptors (Lipinski definition) is 4. The molecular formula is C22H27ClN4O3. The van der Waals surface area contributed by atoms with Crippen LogP contribution in [0.5, 0.6) is 0 Å². The van der Waals surface area contributed by atoms with E-state index in [2.05, 4.69) is 10.6 Å². The summed E-state index contributed by atoms with van der Waals surface area (Å²) < 4.78 is 0. The number of carbonyl (C=O) groups is 3. The molecule has 0 radical (unpaired) electrons. The molecule has 2 aromatic carbocycles. The highest BCUT2D eigenvalue weighted by Crippen LogP contribution is 2.19. The minimum absolute atomic E-state index is 0.0101. The second-order valence-electron chi connectivity index (χ2n) is 7.30. The zero-order valence-electron chi connectivity index (χ0n) is 17.7. The van der Waals surface area contributed by atoms with Crippen molar-refractivity contribution >= 4 is 40.7 Å². The van der Waals surface area contributed by atoms with Gasteiger partial charge in [0.1, 0.15) is 0 Å². The lowest BCUT2D eigenvalue weighted by molar-refractivity contribution is -0.134. The third-order valence-corrected chi connectivity index (χ3v) is 4.71. The number of hydrogen-bond donors (Lipinski definition) is 2. The quantitative estimate of drug-likeness (QED) is 0.674. The van der Waals surface area contributed by atoms with E-state index in [0.29, 0.717) is 10.7 Å². The van der Waals surface area contributed by atoms with Crippen molar-refractivity contribution < 1.29 is 14.4 Å². The first kappa shape index (κ1) is 23.4. The second-order valence-corrected chi connectivity index (χ2v) is 7.73. The number of rotatable bonds is 8. The van der Waals surface area contributed by atoms with Crippen LogP contribution < -0.4 is 10.6 Å². The van der Waals surface area contributed by atoms with Gasteiger partial charge >= 0.3 is 0 Å². The molecular weight excluding hydrogens is 404 g/mol. The molecule has 0 fully saturated rings. The van der Waals surface area contributed by atoms with Gasteiger partial charge in [-0.2, -0.15) is 0 Å². The van der Waals surface area contributed by atoms with Crippen LogP contribution in [0.1, 0.15) is 11.1 Å². The van der Waals surface area contributed by atoms with E-state index in [0.717, 1.165) is 16.8 Å². The maximum Gasteiger partial charge on any atom is 0.243 e. The van der Waals surface area contributed by atoms with Crippen LogP contribution in [0.15, 0.2) is 42.5 Å². The number of aryl methyl sites for hydroxylation is 2. The Morgan fingerprint density at radius 1 is 0.867 bits per heavy atom. The van der Waals surface area contributed by atoms with E-state index in [9.17, 15) is 14.4 Å². The topological polar surface area (TPSA) is 81.8 Å². The summed E-state index contributed by atoms with van der Waals surface area (Å²) in [5.74, 6) is -0.794. The van der Waals surface area contributed by atoms with Crippen molar-refractivity contribution in [3.05, 3.63) is 58.6 Å². The summed E-state index contributed by atoms with van der Waals surface area (Å²) in [6, 6.07) is 12.6. The maximum absolute atomic E-state index is 12.4. The van der Waals surface area contributed by atoms with E-state index in [1.807, 2.05) is 32.0 Å². The zero-order chi connectivity index (χ0) is 22.3. The molecule has 160 valence electrons. The van der Waals surface area contributed by atoms with Gasteiger partial charge in [0, 0.05) is 23.4 Å². The molecule has 8 heteroatoms. The molecule has 0 saturated heterocycles. The van der Waals surface area contributed by atoms with Crippen molar-refractivity contribution in [1.82, 2.24) is 9.80 Å². The molecule has 3 amide bonds. The van der Waals surface area contributed by atoms with E-state index in [1.54, 1.807) is 43.3 Å². The highest BCUT2D eigenvalue weighted by molar-refractivity contribution is 6.30. The number of amides is 3. The second kappa shape index (κ2) is 10.8. The van der Waals surface area contributed by atoms with Crippen LogP contribution in [0.3, 0.4) is 0 Å². The third-order valence-electron chi connectivity index (χ3n) is 4.48. The molecule has 0 unspecified atom stereocenters. The molecule has 0 aliphatic heterocycles. The zero-order valence-corrected chi connectivity index (χ0v) is 18.4. The molecule has 7 nitrogen and oxygen atoms in total. The number of benzene rings is 2. The molecule has 0 heterocycles. The Morgan fingerprint density at radius 2 is 1.47 bits per heavy atom. The minimum atomic E-state index is -0.274. The van der Waals surface area contributed by atoms with Crippen LogP contribution in [0.25, 0.3) is 0 Å². The van der Waals surface area contributed by atoms with Crippen molar-refractivity contribution in [1.29, 1.82) is 0 Å². The number of nitrogens with zero attached hydrogens (tertiary/aromatic N) is 2. The van der Waals surface area contributed by atoms with Crippen LogP contribution >= 0.6 is 11.6 Å². The van der Waals surface area contributed by atoms with Crippen molar-refractivity contribution in [2.75, 3.05) is 44.4 Å². The fourth-order valence-electron chi connectivity index (χ4n) is 2.91. The molecule has 2 aromatic rings. The smallest absolute Gasteiger partial charge is 0.243 e. The summed E-state index contributed by atoms with van der Waals surface area (Å²) in [6.07, 6.45) is 0. The average molecular weight is 431 g/mol. The van der Waals surface area contributed by atoms with Crippen LogP contribution in [-0.2, 0) is 14.4 Å². The largest absolute Gasteiger partial charge is 0.335 e. The van der Waals surface area contributed by atoms with Gasteiger partial charge in [0.25, 0.3) is 0 Å². The Morgan fingerprint density at radius 3 is 2.10 bits per heavy atom. The molecule has 0 aliphatic rings. The maximum atomic E-state index is 12.4. The van der Waals surface area contributed by atoms with Gasteiger partial charge in [-0.25, -0.2) is 0 Å². The molecule has 2 N–H and O–H groups in total. The average Bonchev–Trinajstić information content (AvgIpc) is 2.64. The van der Waals surface area contributed by atoms with Crippen molar-refractivity contribution in [3.8, 4) is 0 Å². The highest BCUT2D eigenvalue weighted by Gasteiger charge is 2.17. The lowest BCUT2D eigenvalue weighted by atomic mass is 10.1. The van der Waals surface area contributed by atoms with Crippen LogP contribution in [0, 0.1) is 13.8 Å². The predicted octanol–water partition coefficient (Wildman–Crippen LogP) is 2.92. The highest BCUT2D eigenvalue weighted by atomic mass is 35.5. The van der Waals surface area contributed by atoms with Gasteiger partial charge in [0.15, 0.2) is 0 Å². The van der Waals surface area contributed by atoms with Gasteiger partial charge < -0.3 is 15.5 Å². The van der Waals surface area contributed by atoms with Gasteiger partial charge in [-0.3, -0.25) is 19.3 Å². The number of anilines is 2. The van der Waals surface area contributed by atoms with Gasteiger partial charge in [0.2, 0.25) is 17.7 Å². The first-order valence-electron chi connectivity index (χ1n) is 9.49. The first-order chi connectivity index (χ1) is 14.2. The Labute approximate surface area is 182 Å². The number of likely N-dealkylation sites (N-methyl/N-ethyl adjacent to an activating group) is 2. The van der Waals surface area contributed by atoms with E-state index in [-0.39, 0.29) is 37.4 Å². The number of carbonyl (C=O) groups excluding carboxylic acids is 3. The van der Waals surface area contributed by atoms with E-state index in [4.69, 9.17) is 11.6 Å². The van der Waals surface area contributed by atoms with E-state index < -0.39 is 0 Å². The van der Waals surface area contributed by atoms with E-state index >= 15 is 0 Å². The summed E-state index contributed by atoms with van der Waals surface area (Å²) in [7, 11) is 3.23. The Hall–Kier alpha value is -2.90. The molecule has 0 bridgehead atoms. The van der Waals surface area contributed by atoms with Crippen molar-refractivity contribution in [2.24, 2.45) is 0 Å². The van der Waals surface area contributed by atoms with Gasteiger partial charge in [-0.1, -0.05) is 35.9 Å². The minimum Gasteiger partial charge on any atom is -0.335 e. The molecule has 2 rings (SSSR count). The standard InChI is InChI=1S/C22H27ClN4O3/c1-15-7-5-8-16(2)22(15)25-20(29)13-27(4)21(30)14-26(3)12-19(28)24-18-10-6-9-17(23)11-18/h5-11H,12-14H2,1-4H3,(H,24,28)(H,25,29). The van der Waals surface area contributed by atoms with Crippen molar-refractivity contribution in [2.45, 2.75) is 13.8 Å². The summed E-state index contributed by atoms with van der Waals surface area (Å²) >= 11 is 5.90. The SMILES string of the molecule is Cc1cccc(C)c1NC(=O)CN(C)C(=O)CN(C)CC(=O)Nc1cccc(Cl)c1. The molecule has 0 aliphatic carbocycles. The number of para-hydroxylation sites is 1. The van der Waals surface area contributed by atoms with E-state index in [1.165, 1.54) is 4.90 Å². The summed E-state index contributed by atoms with van der Waals surface area (Å²) in [5, 5.41) is 6.12. The Kier molecular flexibility index (Phi) is 8.38. The summed E-state index contributed by atoms with van der Waals surface area (Å²) in [6.45, 7) is 3.80. The molecule has 0 atom stereocenters. The third kappa shape index (κ3) is 7.17. The Balaban J connectivity index is 1.81. The summed E-state index contributed by atoms with van der Waals surface area (Å²) in [4.78, 5) is 39.8. The summed E-state index contributed by atoms with van der Waals surface area (Å²) in [5.41, 5.74) is 3.27. The molecule has 0 saturated carbocycles. The van der Waals surface area contributed by atoms with Crippen LogP contribution in [0.4, 0.5) is 11.4 Å².